The first kappa shape index (κ1) is 11.8. The molecule has 1 N–H and O–H groups in total. The number of Topliss-reactive ketones (excluding diaryl/α,β-unsaturated/α-hetero) is 1. The Morgan fingerprint density at radius 3 is 2.50 bits per heavy atom. The minimum Gasteiger partial charge on any atom is -0.340 e. The lowest BCUT2D eigenvalue weighted by atomic mass is 10.4. The topological polar surface area (TPSA) is 46.2 Å². The molecular formula is C7H12ClNO2S. The molecule has 0 atom stereocenters. The highest BCUT2D eigenvalue weighted by atomic mass is 35.5. The maximum atomic E-state index is 10.9. The molecule has 0 fully saturated rings. The number of alkyl halides is 1. The zero-order valence-corrected chi connectivity index (χ0v) is 8.67. The summed E-state index contributed by atoms with van der Waals surface area (Å²) in [7, 11) is 0. The van der Waals surface area contributed by atoms with E-state index < -0.39 is 0 Å². The van der Waals surface area contributed by atoms with Gasteiger partial charge in [0.15, 0.2) is 5.78 Å². The van der Waals surface area contributed by atoms with Crippen molar-refractivity contribution in [3.63, 3.8) is 0 Å². The van der Waals surface area contributed by atoms with Gasteiger partial charge >= 0.3 is 0 Å². The summed E-state index contributed by atoms with van der Waals surface area (Å²) in [5, 5.41) is 2.51. The summed E-state index contributed by atoms with van der Waals surface area (Å²) in [5.41, 5.74) is 0. The molecule has 0 aromatic carbocycles. The summed E-state index contributed by atoms with van der Waals surface area (Å²) in [5.74, 6) is -0.221. The number of hydrogen-bond donors (Lipinski definition) is 1. The van der Waals surface area contributed by atoms with Crippen LogP contribution in [0.4, 0.5) is 4.79 Å². The van der Waals surface area contributed by atoms with Crippen molar-refractivity contribution in [1.82, 2.24) is 5.32 Å². The molecule has 0 aromatic rings. The molecule has 0 saturated heterocycles. The van der Waals surface area contributed by atoms with Gasteiger partial charge in [-0.15, -0.1) is 11.6 Å². The van der Waals surface area contributed by atoms with E-state index in [0.717, 1.165) is 11.8 Å². The fourth-order valence-electron chi connectivity index (χ4n) is 0.474. The summed E-state index contributed by atoms with van der Waals surface area (Å²) in [6.07, 6.45) is 0. The molecule has 0 aliphatic heterocycles. The fraction of sp³-hybridized carbons (Fsp3) is 0.714. The van der Waals surface area contributed by atoms with E-state index in [1.165, 1.54) is 0 Å². The largest absolute Gasteiger partial charge is 0.340 e. The molecule has 0 saturated carbocycles. The van der Waals surface area contributed by atoms with Gasteiger partial charge in [0.25, 0.3) is 5.24 Å². The number of rotatable bonds is 4. The Bertz CT molecular complexity index is 173. The van der Waals surface area contributed by atoms with E-state index in [1.54, 1.807) is 0 Å². The second-order valence-electron chi connectivity index (χ2n) is 2.48. The van der Waals surface area contributed by atoms with Gasteiger partial charge in [-0.2, -0.15) is 0 Å². The summed E-state index contributed by atoms with van der Waals surface area (Å²) in [6.45, 7) is 3.85. The maximum absolute atomic E-state index is 10.9. The third-order valence-corrected chi connectivity index (χ3v) is 2.05. The number of halogens is 1. The number of thioether (sulfide) groups is 1. The SMILES string of the molecule is CC(C)SC(=O)NCC(=O)CCl. The molecule has 0 aliphatic carbocycles. The number of hydrogen-bond acceptors (Lipinski definition) is 3. The smallest absolute Gasteiger partial charge is 0.279 e. The van der Waals surface area contributed by atoms with E-state index in [1.807, 2.05) is 13.8 Å². The van der Waals surface area contributed by atoms with Crippen molar-refractivity contribution in [2.45, 2.75) is 19.1 Å². The predicted molar refractivity (Wildman–Crippen MR) is 51.9 cm³/mol. The summed E-state index contributed by atoms with van der Waals surface area (Å²) in [4.78, 5) is 21.6. The summed E-state index contributed by atoms with van der Waals surface area (Å²) in [6, 6.07) is 0. The summed E-state index contributed by atoms with van der Waals surface area (Å²) < 4.78 is 0. The Hall–Kier alpha value is -0.220. The van der Waals surface area contributed by atoms with Gasteiger partial charge in [-0.25, -0.2) is 0 Å². The number of ketones is 1. The third kappa shape index (κ3) is 6.49. The average molecular weight is 210 g/mol. The number of nitrogens with one attached hydrogen (secondary N) is 1. The van der Waals surface area contributed by atoms with E-state index in [4.69, 9.17) is 11.6 Å². The lowest BCUT2D eigenvalue weighted by molar-refractivity contribution is -0.115. The van der Waals surface area contributed by atoms with Gasteiger partial charge in [0.1, 0.15) is 0 Å². The molecule has 0 spiro atoms. The van der Waals surface area contributed by atoms with Crippen LogP contribution in [0.1, 0.15) is 13.8 Å². The Morgan fingerprint density at radius 2 is 2.08 bits per heavy atom. The molecule has 0 aromatic heterocycles. The van der Waals surface area contributed by atoms with Crippen LogP contribution in [0.15, 0.2) is 0 Å². The van der Waals surface area contributed by atoms with Gasteiger partial charge in [0, 0.05) is 5.25 Å². The molecule has 0 bridgehead atoms. The lowest BCUT2D eigenvalue weighted by Crippen LogP contribution is -2.27. The number of amides is 1. The van der Waals surface area contributed by atoms with Gasteiger partial charge in [-0.3, -0.25) is 9.59 Å². The fourth-order valence-corrected chi connectivity index (χ4v) is 1.15. The molecule has 0 aliphatic rings. The van der Waals surface area contributed by atoms with Gasteiger partial charge in [-0.1, -0.05) is 25.6 Å². The second-order valence-corrected chi connectivity index (χ2v) is 4.30. The average Bonchev–Trinajstić information content (AvgIpc) is 1.99. The Kier molecular flexibility index (Phi) is 6.20. The number of carbonyl (C=O) groups excluding carboxylic acids is 2. The molecule has 1 amide bonds. The van der Waals surface area contributed by atoms with Crippen LogP contribution in [0.3, 0.4) is 0 Å². The van der Waals surface area contributed by atoms with Crippen LogP contribution in [0.25, 0.3) is 0 Å². The standard InChI is InChI=1S/C7H12ClNO2S/c1-5(2)12-7(11)9-4-6(10)3-8/h5H,3-4H2,1-2H3,(H,9,11). The zero-order chi connectivity index (χ0) is 9.56. The van der Waals surface area contributed by atoms with Gasteiger partial charge in [-0.05, 0) is 0 Å². The molecule has 3 nitrogen and oxygen atoms in total. The normalized spacial score (nSPS) is 10.0. The first-order chi connectivity index (χ1) is 5.56. The number of carbonyl (C=O) groups is 2. The molecular weight excluding hydrogens is 198 g/mol. The van der Waals surface area contributed by atoms with Crippen LogP contribution >= 0.6 is 23.4 Å². The quantitative estimate of drug-likeness (QED) is 0.717. The molecule has 5 heteroatoms. The third-order valence-electron chi connectivity index (χ3n) is 0.922. The van der Waals surface area contributed by atoms with Gasteiger partial charge in [0.2, 0.25) is 0 Å². The molecule has 70 valence electrons. The minimum atomic E-state index is -0.177. The van der Waals surface area contributed by atoms with Crippen LogP contribution in [0, 0.1) is 0 Å². The van der Waals surface area contributed by atoms with Crippen LogP contribution in [-0.4, -0.2) is 28.7 Å². The monoisotopic (exact) mass is 209 g/mol. The molecule has 0 rings (SSSR count). The highest BCUT2D eigenvalue weighted by Crippen LogP contribution is 2.08. The molecule has 0 heterocycles. The van der Waals surface area contributed by atoms with Crippen LogP contribution in [0.2, 0.25) is 0 Å². The van der Waals surface area contributed by atoms with Crippen LogP contribution < -0.4 is 5.32 Å². The maximum Gasteiger partial charge on any atom is 0.279 e. The van der Waals surface area contributed by atoms with Crippen molar-refractivity contribution in [2.75, 3.05) is 12.4 Å². The highest BCUT2D eigenvalue weighted by Gasteiger charge is 2.06. The van der Waals surface area contributed by atoms with Crippen LogP contribution in [-0.2, 0) is 4.79 Å². The molecule has 12 heavy (non-hydrogen) atoms. The minimum absolute atomic E-state index is 0.0298. The van der Waals surface area contributed by atoms with Crippen molar-refractivity contribution in [2.24, 2.45) is 0 Å². The van der Waals surface area contributed by atoms with E-state index in [2.05, 4.69) is 5.32 Å². The predicted octanol–water partition coefficient (Wildman–Crippen LogP) is 1.65. The van der Waals surface area contributed by atoms with E-state index in [0.29, 0.717) is 0 Å². The van der Waals surface area contributed by atoms with Crippen molar-refractivity contribution in [1.29, 1.82) is 0 Å². The van der Waals surface area contributed by atoms with E-state index >= 15 is 0 Å². The van der Waals surface area contributed by atoms with Crippen molar-refractivity contribution in [3.05, 3.63) is 0 Å². The van der Waals surface area contributed by atoms with Crippen molar-refractivity contribution >= 4 is 34.4 Å². The van der Waals surface area contributed by atoms with E-state index in [-0.39, 0.29) is 28.7 Å². The Morgan fingerprint density at radius 1 is 1.50 bits per heavy atom. The van der Waals surface area contributed by atoms with Gasteiger partial charge < -0.3 is 5.32 Å². The zero-order valence-electron chi connectivity index (χ0n) is 7.09. The summed E-state index contributed by atoms with van der Waals surface area (Å²) >= 11 is 6.40. The first-order valence-corrected chi connectivity index (χ1v) is 4.99. The second kappa shape index (κ2) is 6.31. The first-order valence-electron chi connectivity index (χ1n) is 3.58. The van der Waals surface area contributed by atoms with Crippen LogP contribution in [0.5, 0.6) is 0 Å². The van der Waals surface area contributed by atoms with Gasteiger partial charge in [0.05, 0.1) is 12.4 Å². The van der Waals surface area contributed by atoms with Crippen molar-refractivity contribution < 1.29 is 9.59 Å². The molecule has 0 radical (unpaired) electrons. The van der Waals surface area contributed by atoms with E-state index in [9.17, 15) is 9.59 Å². The Labute approximate surface area is 81.2 Å². The molecule has 0 unspecified atom stereocenters. The highest BCUT2D eigenvalue weighted by molar-refractivity contribution is 8.14. The van der Waals surface area contributed by atoms with Crippen molar-refractivity contribution in [3.8, 4) is 0 Å². The lowest BCUT2D eigenvalue weighted by Gasteiger charge is -2.04. The Balaban J connectivity index is 3.51.